The van der Waals surface area contributed by atoms with E-state index in [1.54, 1.807) is 12.4 Å². The molecule has 1 fully saturated rings. The Morgan fingerprint density at radius 2 is 2.04 bits per heavy atom. The van der Waals surface area contributed by atoms with Gasteiger partial charge in [0.05, 0.1) is 11.1 Å². The average Bonchev–Trinajstić information content (AvgIpc) is 2.96. The van der Waals surface area contributed by atoms with Crippen LogP contribution >= 0.6 is 12.4 Å². The summed E-state index contributed by atoms with van der Waals surface area (Å²) in [4.78, 5) is -0.0337. The molecule has 1 aliphatic rings. The second-order valence-corrected chi connectivity index (χ2v) is 8.07. The third kappa shape index (κ3) is 3.72. The monoisotopic (exact) mass is 388 g/mol. The zero-order chi connectivity index (χ0) is 17.5. The van der Waals surface area contributed by atoms with Gasteiger partial charge in [-0.15, -0.1) is 12.4 Å². The highest BCUT2D eigenvalue weighted by molar-refractivity contribution is 7.89. The maximum absolute atomic E-state index is 14.5. The van der Waals surface area contributed by atoms with Crippen molar-refractivity contribution in [1.82, 2.24) is 19.4 Å². The van der Waals surface area contributed by atoms with Crippen LogP contribution in [0.2, 0.25) is 0 Å². The predicted octanol–water partition coefficient (Wildman–Crippen LogP) is 2.11. The number of nitrogens with one attached hydrogen (secondary N) is 1. The summed E-state index contributed by atoms with van der Waals surface area (Å²) in [7, 11) is -3.74. The number of rotatable bonds is 3. The lowest BCUT2D eigenvalue weighted by Gasteiger charge is -2.37. The third-order valence-electron chi connectivity index (χ3n) is 4.46. The molecule has 0 saturated carbocycles. The topological polar surface area (TPSA) is 67.2 Å². The van der Waals surface area contributed by atoms with Crippen LogP contribution in [0.4, 0.5) is 4.39 Å². The van der Waals surface area contributed by atoms with Crippen molar-refractivity contribution in [3.05, 3.63) is 42.0 Å². The highest BCUT2D eigenvalue weighted by Crippen LogP contribution is 2.24. The van der Waals surface area contributed by atoms with Gasteiger partial charge in [0.25, 0.3) is 0 Å². The minimum Gasteiger partial charge on any atom is -0.311 e. The molecule has 3 rings (SSSR count). The number of sulfonamides is 1. The number of hydrogen-bond acceptors (Lipinski definition) is 4. The van der Waals surface area contributed by atoms with Crippen LogP contribution < -0.4 is 5.32 Å². The second-order valence-electron chi connectivity index (χ2n) is 6.17. The molecule has 25 heavy (non-hydrogen) atoms. The van der Waals surface area contributed by atoms with Crippen LogP contribution in [0, 0.1) is 12.7 Å². The van der Waals surface area contributed by atoms with Crippen LogP contribution in [0.3, 0.4) is 0 Å². The fraction of sp³-hybridized carbons (Fsp3) is 0.438. The van der Waals surface area contributed by atoms with Gasteiger partial charge in [0.1, 0.15) is 11.5 Å². The van der Waals surface area contributed by atoms with Crippen LogP contribution in [-0.2, 0) is 10.0 Å². The summed E-state index contributed by atoms with van der Waals surface area (Å²) in [6.07, 6.45) is 3.31. The van der Waals surface area contributed by atoms with Gasteiger partial charge in [-0.25, -0.2) is 17.5 Å². The molecule has 1 aliphatic heterocycles. The number of halogens is 2. The number of nitrogens with zero attached hydrogens (tertiary/aromatic N) is 3. The summed E-state index contributed by atoms with van der Waals surface area (Å²) >= 11 is 0. The fourth-order valence-electron chi connectivity index (χ4n) is 2.88. The van der Waals surface area contributed by atoms with E-state index in [9.17, 15) is 12.8 Å². The molecular formula is C16H22ClFN4O2S. The van der Waals surface area contributed by atoms with Crippen molar-refractivity contribution in [2.45, 2.75) is 37.8 Å². The van der Waals surface area contributed by atoms with Gasteiger partial charge >= 0.3 is 0 Å². The zero-order valence-corrected chi connectivity index (χ0v) is 15.9. The molecule has 6 nitrogen and oxygen atoms in total. The van der Waals surface area contributed by atoms with Gasteiger partial charge in [-0.3, -0.25) is 0 Å². The molecular weight excluding hydrogens is 367 g/mol. The first kappa shape index (κ1) is 19.8. The summed E-state index contributed by atoms with van der Waals surface area (Å²) in [6, 6.07) is 3.81. The minimum atomic E-state index is -3.74. The third-order valence-corrected chi connectivity index (χ3v) is 6.44. The van der Waals surface area contributed by atoms with E-state index >= 15 is 0 Å². The standard InChI is InChI=1S/C16H21FN4O2S.ClH/c1-11-9-19-20(10-11)16-5-4-14(8-15(16)17)24(22,23)21-7-6-18-12(2)13(21)3;/h4-5,8-10,12-13,18H,6-7H2,1-3H3;1H. The Morgan fingerprint density at radius 1 is 1.32 bits per heavy atom. The Morgan fingerprint density at radius 3 is 2.64 bits per heavy atom. The summed E-state index contributed by atoms with van der Waals surface area (Å²) in [5, 5.41) is 7.30. The Balaban J connectivity index is 0.00000225. The summed E-state index contributed by atoms with van der Waals surface area (Å²) in [5.74, 6) is -0.616. The minimum absolute atomic E-state index is 0. The summed E-state index contributed by atoms with van der Waals surface area (Å²) < 4.78 is 43.0. The van der Waals surface area contributed by atoms with Crippen molar-refractivity contribution >= 4 is 22.4 Å². The Kier molecular flexibility index (Phi) is 5.88. The van der Waals surface area contributed by atoms with Crippen LogP contribution in [-0.4, -0.2) is 47.7 Å². The van der Waals surface area contributed by atoms with Crippen molar-refractivity contribution in [2.75, 3.05) is 13.1 Å². The van der Waals surface area contributed by atoms with Crippen molar-refractivity contribution < 1.29 is 12.8 Å². The van der Waals surface area contributed by atoms with E-state index < -0.39 is 15.8 Å². The van der Waals surface area contributed by atoms with E-state index in [4.69, 9.17) is 0 Å². The number of benzene rings is 1. The van der Waals surface area contributed by atoms with Crippen molar-refractivity contribution in [3.63, 3.8) is 0 Å². The van der Waals surface area contributed by atoms with Gasteiger partial charge < -0.3 is 5.32 Å². The lowest BCUT2D eigenvalue weighted by molar-refractivity contribution is 0.233. The van der Waals surface area contributed by atoms with Gasteiger partial charge in [-0.05, 0) is 44.5 Å². The van der Waals surface area contributed by atoms with Gasteiger partial charge in [-0.1, -0.05) is 0 Å². The SMILES string of the molecule is Cc1cnn(-c2ccc(S(=O)(=O)N3CCNC(C)C3C)cc2F)c1.Cl. The zero-order valence-electron chi connectivity index (χ0n) is 14.3. The van der Waals surface area contributed by atoms with E-state index in [2.05, 4.69) is 10.4 Å². The fourth-order valence-corrected chi connectivity index (χ4v) is 4.59. The van der Waals surface area contributed by atoms with Gasteiger partial charge in [0, 0.05) is 31.4 Å². The molecule has 2 atom stereocenters. The quantitative estimate of drug-likeness (QED) is 0.874. The second kappa shape index (κ2) is 7.41. The molecule has 0 radical (unpaired) electrons. The Bertz CT molecular complexity index is 856. The molecule has 1 N–H and O–H groups in total. The lowest BCUT2D eigenvalue weighted by Crippen LogP contribution is -2.57. The molecule has 0 amide bonds. The Hall–Kier alpha value is -1.48. The maximum Gasteiger partial charge on any atom is 0.243 e. The summed E-state index contributed by atoms with van der Waals surface area (Å²) in [5.41, 5.74) is 1.12. The van der Waals surface area contributed by atoms with Gasteiger partial charge in [0.2, 0.25) is 10.0 Å². The largest absolute Gasteiger partial charge is 0.311 e. The van der Waals surface area contributed by atoms with Crippen LogP contribution in [0.1, 0.15) is 19.4 Å². The highest BCUT2D eigenvalue weighted by Gasteiger charge is 2.34. The van der Waals surface area contributed by atoms with E-state index in [0.717, 1.165) is 11.6 Å². The molecule has 0 spiro atoms. The van der Waals surface area contributed by atoms with Gasteiger partial charge in [0.15, 0.2) is 0 Å². The molecule has 0 bridgehead atoms. The molecule has 2 aromatic rings. The maximum atomic E-state index is 14.5. The van der Waals surface area contributed by atoms with Crippen LogP contribution in [0.5, 0.6) is 0 Å². The average molecular weight is 389 g/mol. The molecule has 9 heteroatoms. The van der Waals surface area contributed by atoms with Crippen molar-refractivity contribution in [2.24, 2.45) is 0 Å². The van der Waals surface area contributed by atoms with E-state index in [1.165, 1.54) is 21.1 Å². The van der Waals surface area contributed by atoms with Gasteiger partial charge in [-0.2, -0.15) is 9.40 Å². The van der Waals surface area contributed by atoms with Crippen LogP contribution in [0.25, 0.3) is 5.69 Å². The predicted molar refractivity (Wildman–Crippen MR) is 96.3 cm³/mol. The van der Waals surface area contributed by atoms with E-state index in [-0.39, 0.29) is 35.1 Å². The number of piperazine rings is 1. The molecule has 2 unspecified atom stereocenters. The summed E-state index contributed by atoms with van der Waals surface area (Å²) in [6.45, 7) is 6.60. The van der Waals surface area contributed by atoms with E-state index in [0.29, 0.717) is 13.1 Å². The highest BCUT2D eigenvalue weighted by atomic mass is 35.5. The number of hydrogen-bond donors (Lipinski definition) is 1. The first-order valence-electron chi connectivity index (χ1n) is 7.87. The molecule has 138 valence electrons. The first-order valence-corrected chi connectivity index (χ1v) is 9.31. The van der Waals surface area contributed by atoms with Crippen molar-refractivity contribution in [1.29, 1.82) is 0 Å². The smallest absolute Gasteiger partial charge is 0.243 e. The number of aryl methyl sites for hydroxylation is 1. The van der Waals surface area contributed by atoms with Crippen molar-refractivity contribution in [3.8, 4) is 5.69 Å². The molecule has 1 aromatic heterocycles. The Labute approximate surface area is 153 Å². The molecule has 0 aliphatic carbocycles. The lowest BCUT2D eigenvalue weighted by atomic mass is 10.1. The molecule has 2 heterocycles. The van der Waals surface area contributed by atoms with Crippen LogP contribution in [0.15, 0.2) is 35.5 Å². The molecule has 1 aromatic carbocycles. The van der Waals surface area contributed by atoms with E-state index in [1.807, 2.05) is 20.8 Å². The number of aromatic nitrogens is 2. The molecule has 1 saturated heterocycles. The normalized spacial score (nSPS) is 21.8. The first-order chi connectivity index (χ1) is 11.3.